The molecule has 0 amide bonds. The van der Waals surface area contributed by atoms with E-state index in [1.54, 1.807) is 6.92 Å². The van der Waals surface area contributed by atoms with Crippen LogP contribution in [0.2, 0.25) is 0 Å². The third-order valence-corrected chi connectivity index (χ3v) is 2.15. The van der Waals surface area contributed by atoms with E-state index in [-0.39, 0.29) is 17.8 Å². The van der Waals surface area contributed by atoms with E-state index in [2.05, 4.69) is 14.9 Å². The van der Waals surface area contributed by atoms with Crippen LogP contribution in [0.15, 0.2) is 4.52 Å². The number of aryl methyl sites for hydroxylation is 1. The van der Waals surface area contributed by atoms with Gasteiger partial charge in [-0.05, 0) is 13.3 Å². The molecule has 13 heavy (non-hydrogen) atoms. The second-order valence-corrected chi connectivity index (χ2v) is 3.15. The molecular weight excluding hydrogens is 172 g/mol. The molecule has 70 valence electrons. The molecule has 1 aromatic rings. The largest absolute Gasteiger partial charge is 0.469 e. The highest BCUT2D eigenvalue weighted by Crippen LogP contribution is 2.47. The van der Waals surface area contributed by atoms with Crippen molar-refractivity contribution in [2.24, 2.45) is 5.92 Å². The molecule has 0 N–H and O–H groups in total. The maximum atomic E-state index is 11.1. The zero-order chi connectivity index (χ0) is 9.42. The Morgan fingerprint density at radius 3 is 3.00 bits per heavy atom. The van der Waals surface area contributed by atoms with Crippen LogP contribution in [0, 0.1) is 12.8 Å². The molecule has 0 unspecified atom stereocenters. The molecule has 1 saturated carbocycles. The number of carbonyl (C=O) groups is 1. The lowest BCUT2D eigenvalue weighted by molar-refractivity contribution is -0.142. The number of nitrogens with zero attached hydrogens (tertiary/aromatic N) is 2. The molecule has 2 atom stereocenters. The van der Waals surface area contributed by atoms with E-state index in [4.69, 9.17) is 4.52 Å². The molecule has 5 nitrogen and oxygen atoms in total. The summed E-state index contributed by atoms with van der Waals surface area (Å²) in [7, 11) is 1.39. The smallest absolute Gasteiger partial charge is 0.309 e. The zero-order valence-corrected chi connectivity index (χ0v) is 7.48. The first-order valence-electron chi connectivity index (χ1n) is 4.10. The summed E-state index contributed by atoms with van der Waals surface area (Å²) in [6, 6.07) is 0. The van der Waals surface area contributed by atoms with Gasteiger partial charge in [-0.1, -0.05) is 5.16 Å². The summed E-state index contributed by atoms with van der Waals surface area (Å²) in [6.45, 7) is 1.75. The van der Waals surface area contributed by atoms with E-state index in [1.165, 1.54) is 7.11 Å². The molecule has 0 bridgehead atoms. The highest BCUT2D eigenvalue weighted by molar-refractivity contribution is 5.76. The van der Waals surface area contributed by atoms with Gasteiger partial charge in [0.2, 0.25) is 5.89 Å². The summed E-state index contributed by atoms with van der Waals surface area (Å²) in [5.41, 5.74) is 0. The Balaban J connectivity index is 2.04. The minimum Gasteiger partial charge on any atom is -0.469 e. The molecule has 1 aromatic heterocycles. The predicted octanol–water partition coefficient (Wildman–Crippen LogP) is 0.655. The fraction of sp³-hybridized carbons (Fsp3) is 0.625. The van der Waals surface area contributed by atoms with Gasteiger partial charge >= 0.3 is 5.97 Å². The molecule has 0 radical (unpaired) electrons. The molecule has 5 heteroatoms. The lowest BCUT2D eigenvalue weighted by atomic mass is 10.3. The molecular formula is C8H10N2O3. The van der Waals surface area contributed by atoms with Crippen LogP contribution in [0.3, 0.4) is 0 Å². The van der Waals surface area contributed by atoms with Crippen molar-refractivity contribution in [2.45, 2.75) is 19.3 Å². The van der Waals surface area contributed by atoms with Crippen molar-refractivity contribution >= 4 is 5.97 Å². The lowest BCUT2D eigenvalue weighted by Crippen LogP contribution is -2.03. The third-order valence-electron chi connectivity index (χ3n) is 2.15. The summed E-state index contributed by atoms with van der Waals surface area (Å²) in [5, 5.41) is 3.66. The first kappa shape index (κ1) is 8.22. The molecule has 0 aromatic carbocycles. The Morgan fingerprint density at radius 2 is 2.46 bits per heavy atom. The highest BCUT2D eigenvalue weighted by atomic mass is 16.5. The monoisotopic (exact) mass is 182 g/mol. The lowest BCUT2D eigenvalue weighted by Gasteiger charge is -1.93. The summed E-state index contributed by atoms with van der Waals surface area (Å²) in [6.07, 6.45) is 0.758. The maximum absolute atomic E-state index is 11.1. The zero-order valence-electron chi connectivity index (χ0n) is 7.48. The van der Waals surface area contributed by atoms with E-state index in [0.29, 0.717) is 11.7 Å². The minimum absolute atomic E-state index is 0.0775. The number of aromatic nitrogens is 2. The molecule has 0 spiro atoms. The molecule has 0 saturated heterocycles. The van der Waals surface area contributed by atoms with E-state index in [0.717, 1.165) is 6.42 Å². The van der Waals surface area contributed by atoms with Crippen molar-refractivity contribution in [3.05, 3.63) is 11.7 Å². The number of methoxy groups -OCH3 is 1. The van der Waals surface area contributed by atoms with E-state index < -0.39 is 0 Å². The predicted molar refractivity (Wildman–Crippen MR) is 41.9 cm³/mol. The SMILES string of the molecule is COC(=O)[C@H]1C[C@H]1c1nc(C)no1. The van der Waals surface area contributed by atoms with Gasteiger partial charge in [0.25, 0.3) is 0 Å². The van der Waals surface area contributed by atoms with Crippen LogP contribution in [0.1, 0.15) is 24.1 Å². The third kappa shape index (κ3) is 1.41. The first-order valence-corrected chi connectivity index (χ1v) is 4.10. The molecule has 1 aliphatic carbocycles. The average Bonchev–Trinajstić information content (AvgIpc) is 2.82. The van der Waals surface area contributed by atoms with Crippen molar-refractivity contribution in [1.82, 2.24) is 10.1 Å². The number of rotatable bonds is 2. The highest BCUT2D eigenvalue weighted by Gasteiger charge is 2.48. The Hall–Kier alpha value is -1.39. The van der Waals surface area contributed by atoms with Gasteiger partial charge in [-0.15, -0.1) is 0 Å². The van der Waals surface area contributed by atoms with Gasteiger partial charge in [0, 0.05) is 0 Å². The van der Waals surface area contributed by atoms with Crippen LogP contribution < -0.4 is 0 Å². The Morgan fingerprint density at radius 1 is 1.69 bits per heavy atom. The quantitative estimate of drug-likeness (QED) is 0.628. The van der Waals surface area contributed by atoms with E-state index in [9.17, 15) is 4.79 Å². The number of esters is 1. The Labute approximate surface area is 75.1 Å². The summed E-state index contributed by atoms with van der Waals surface area (Å²) in [5.74, 6) is 0.956. The van der Waals surface area contributed by atoms with Crippen molar-refractivity contribution in [2.75, 3.05) is 7.11 Å². The standard InChI is InChI=1S/C8H10N2O3/c1-4-9-7(13-10-4)5-3-6(5)8(11)12-2/h5-6H,3H2,1-2H3/t5-,6+/m1/s1. The Bertz CT molecular complexity index is 334. The fourth-order valence-electron chi connectivity index (χ4n) is 1.34. The van der Waals surface area contributed by atoms with Gasteiger partial charge in [0.1, 0.15) is 0 Å². The van der Waals surface area contributed by atoms with Gasteiger partial charge in [0.05, 0.1) is 18.9 Å². The summed E-state index contributed by atoms with van der Waals surface area (Å²) in [4.78, 5) is 15.1. The van der Waals surface area contributed by atoms with E-state index in [1.807, 2.05) is 0 Å². The van der Waals surface area contributed by atoms with Crippen molar-refractivity contribution < 1.29 is 14.1 Å². The van der Waals surface area contributed by atoms with Gasteiger partial charge in [-0.3, -0.25) is 4.79 Å². The Kier molecular flexibility index (Phi) is 1.79. The summed E-state index contributed by atoms with van der Waals surface area (Å²) >= 11 is 0. The molecule has 0 aliphatic heterocycles. The minimum atomic E-state index is -0.194. The summed E-state index contributed by atoms with van der Waals surface area (Å²) < 4.78 is 9.55. The second-order valence-electron chi connectivity index (χ2n) is 3.15. The van der Waals surface area contributed by atoms with Crippen LogP contribution in [0.4, 0.5) is 0 Å². The van der Waals surface area contributed by atoms with Crippen molar-refractivity contribution in [3.8, 4) is 0 Å². The van der Waals surface area contributed by atoms with Gasteiger partial charge in [-0.25, -0.2) is 0 Å². The first-order chi connectivity index (χ1) is 6.22. The van der Waals surface area contributed by atoms with Crippen LogP contribution in [0.5, 0.6) is 0 Å². The number of ether oxygens (including phenoxy) is 1. The van der Waals surface area contributed by atoms with Gasteiger partial charge in [0.15, 0.2) is 5.82 Å². The molecule has 1 aliphatic rings. The van der Waals surface area contributed by atoms with Crippen LogP contribution >= 0.6 is 0 Å². The molecule has 2 rings (SSSR count). The fourth-order valence-corrected chi connectivity index (χ4v) is 1.34. The van der Waals surface area contributed by atoms with Crippen LogP contribution in [-0.2, 0) is 9.53 Å². The molecule has 1 heterocycles. The topological polar surface area (TPSA) is 65.2 Å². The van der Waals surface area contributed by atoms with Crippen LogP contribution in [0.25, 0.3) is 0 Å². The van der Waals surface area contributed by atoms with E-state index >= 15 is 0 Å². The average molecular weight is 182 g/mol. The molecule has 1 fully saturated rings. The van der Waals surface area contributed by atoms with Gasteiger partial charge < -0.3 is 9.26 Å². The van der Waals surface area contributed by atoms with Crippen molar-refractivity contribution in [3.63, 3.8) is 0 Å². The van der Waals surface area contributed by atoms with Gasteiger partial charge in [-0.2, -0.15) is 4.98 Å². The normalized spacial score (nSPS) is 25.7. The maximum Gasteiger partial charge on any atom is 0.309 e. The number of hydrogen-bond acceptors (Lipinski definition) is 5. The number of carbonyl (C=O) groups excluding carboxylic acids is 1. The number of hydrogen-bond donors (Lipinski definition) is 0. The van der Waals surface area contributed by atoms with Crippen molar-refractivity contribution in [1.29, 1.82) is 0 Å². The van der Waals surface area contributed by atoms with Crippen LogP contribution in [-0.4, -0.2) is 23.2 Å². The second kappa shape index (κ2) is 2.83.